The summed E-state index contributed by atoms with van der Waals surface area (Å²) >= 11 is 1.29. The first-order valence-corrected chi connectivity index (χ1v) is 13.0. The molecule has 0 aliphatic rings. The monoisotopic (exact) mass is 524 g/mol. The molecular weight excluding hydrogens is 501 g/mol. The largest absolute Gasteiger partial charge is 0.389 e. The van der Waals surface area contributed by atoms with Gasteiger partial charge < -0.3 is 0 Å². The third kappa shape index (κ3) is 5.27. The van der Waals surface area contributed by atoms with Gasteiger partial charge in [-0.1, -0.05) is 18.2 Å². The van der Waals surface area contributed by atoms with Gasteiger partial charge in [0.2, 0.25) is 0 Å². The fourth-order valence-electron chi connectivity index (χ4n) is 3.76. The lowest BCUT2D eigenvalue weighted by atomic mass is 10.2. The van der Waals surface area contributed by atoms with Gasteiger partial charge in [0.1, 0.15) is 5.00 Å². The Kier molecular flexibility index (Phi) is 6.78. The molecular formula is C23H23F3N4O3S2. The van der Waals surface area contributed by atoms with Gasteiger partial charge in [-0.05, 0) is 61.0 Å². The van der Waals surface area contributed by atoms with E-state index in [0.29, 0.717) is 16.4 Å². The highest BCUT2D eigenvalue weighted by Crippen LogP contribution is 2.40. The van der Waals surface area contributed by atoms with Gasteiger partial charge in [0.05, 0.1) is 4.90 Å². The van der Waals surface area contributed by atoms with Crippen LogP contribution in [0.15, 0.2) is 58.2 Å². The highest BCUT2D eigenvalue weighted by Gasteiger charge is 2.30. The summed E-state index contributed by atoms with van der Waals surface area (Å²) in [6.45, 7) is 1.73. The Morgan fingerprint density at radius 3 is 2.37 bits per heavy atom. The first-order chi connectivity index (χ1) is 16.5. The number of benzene rings is 2. The summed E-state index contributed by atoms with van der Waals surface area (Å²) in [5.41, 5.74) is 0.881. The fourth-order valence-corrected chi connectivity index (χ4v) is 6.76. The van der Waals surface area contributed by atoms with Crippen LogP contribution in [0.4, 0.5) is 18.2 Å². The zero-order valence-corrected chi connectivity index (χ0v) is 20.6. The van der Waals surface area contributed by atoms with Crippen molar-refractivity contribution in [1.82, 2.24) is 14.8 Å². The highest BCUT2D eigenvalue weighted by molar-refractivity contribution is 7.93. The number of aromatic amines is 1. The fraction of sp³-hybridized carbons (Fsp3) is 0.304. The van der Waals surface area contributed by atoms with Gasteiger partial charge >= 0.3 is 11.9 Å². The molecule has 0 amide bonds. The van der Waals surface area contributed by atoms with Crippen LogP contribution in [-0.4, -0.2) is 35.9 Å². The molecule has 1 N–H and O–H groups in total. The predicted octanol–water partition coefficient (Wildman–Crippen LogP) is 5.23. The minimum atomic E-state index is -4.29. The Morgan fingerprint density at radius 1 is 1.09 bits per heavy atom. The SMILES string of the molecule is Cc1c(N(CCCCC(F)(F)F)S(=O)(=O)c2ccc(-c3nn(C)c(=O)[nH]3)cc2)sc2ccccc12. The van der Waals surface area contributed by atoms with E-state index in [2.05, 4.69) is 10.1 Å². The maximum Gasteiger partial charge on any atom is 0.389 e. The molecule has 0 bridgehead atoms. The van der Waals surface area contributed by atoms with E-state index in [9.17, 15) is 26.4 Å². The Morgan fingerprint density at radius 2 is 1.77 bits per heavy atom. The molecule has 2 aromatic carbocycles. The van der Waals surface area contributed by atoms with Crippen molar-refractivity contribution in [2.45, 2.75) is 37.3 Å². The zero-order valence-electron chi connectivity index (χ0n) is 19.0. The number of nitrogens with zero attached hydrogens (tertiary/aromatic N) is 3. The van der Waals surface area contributed by atoms with E-state index in [1.165, 1.54) is 47.0 Å². The summed E-state index contributed by atoms with van der Waals surface area (Å²) in [7, 11) is -2.59. The van der Waals surface area contributed by atoms with Gasteiger partial charge in [-0.25, -0.2) is 17.9 Å². The molecule has 0 fully saturated rings. The smallest absolute Gasteiger partial charge is 0.289 e. The molecule has 0 atom stereocenters. The van der Waals surface area contributed by atoms with Crippen LogP contribution in [0.1, 0.15) is 24.8 Å². The number of rotatable bonds is 8. The highest BCUT2D eigenvalue weighted by atomic mass is 32.2. The van der Waals surface area contributed by atoms with E-state index >= 15 is 0 Å². The van der Waals surface area contributed by atoms with E-state index in [1.54, 1.807) is 0 Å². The molecule has 0 saturated carbocycles. The third-order valence-electron chi connectivity index (χ3n) is 5.60. The van der Waals surface area contributed by atoms with Crippen LogP contribution in [0.2, 0.25) is 0 Å². The number of hydrogen-bond acceptors (Lipinski definition) is 5. The molecule has 0 unspecified atom stereocenters. The van der Waals surface area contributed by atoms with Gasteiger partial charge in [0.15, 0.2) is 5.82 Å². The molecule has 0 saturated heterocycles. The predicted molar refractivity (Wildman–Crippen MR) is 130 cm³/mol. The number of H-pyrrole nitrogens is 1. The number of unbranched alkanes of at least 4 members (excludes halogenated alkanes) is 1. The summed E-state index contributed by atoms with van der Waals surface area (Å²) in [4.78, 5) is 14.2. The Balaban J connectivity index is 1.69. The van der Waals surface area contributed by atoms with Gasteiger partial charge in [0.25, 0.3) is 10.0 Å². The lowest BCUT2D eigenvalue weighted by molar-refractivity contribution is -0.135. The van der Waals surface area contributed by atoms with Crippen molar-refractivity contribution in [2.75, 3.05) is 10.8 Å². The molecule has 12 heteroatoms. The van der Waals surface area contributed by atoms with E-state index in [0.717, 1.165) is 20.3 Å². The van der Waals surface area contributed by atoms with Crippen LogP contribution in [0.3, 0.4) is 0 Å². The molecule has 186 valence electrons. The van der Waals surface area contributed by atoms with Crippen molar-refractivity contribution < 1.29 is 21.6 Å². The molecule has 4 rings (SSSR count). The van der Waals surface area contributed by atoms with Gasteiger partial charge in [0, 0.05) is 30.3 Å². The Labute approximate surface area is 203 Å². The lowest BCUT2D eigenvalue weighted by Gasteiger charge is -2.24. The van der Waals surface area contributed by atoms with Crippen molar-refractivity contribution >= 4 is 36.4 Å². The van der Waals surface area contributed by atoms with E-state index in [1.807, 2.05) is 31.2 Å². The quantitative estimate of drug-likeness (QED) is 0.320. The summed E-state index contributed by atoms with van der Waals surface area (Å²) < 4.78 is 68.6. The number of alkyl halides is 3. The number of fused-ring (bicyclic) bond motifs is 1. The van der Waals surface area contributed by atoms with Gasteiger partial charge in [-0.2, -0.15) is 18.3 Å². The third-order valence-corrected chi connectivity index (χ3v) is 8.83. The Hall–Kier alpha value is -3.12. The lowest BCUT2D eigenvalue weighted by Crippen LogP contribution is -2.32. The zero-order chi connectivity index (χ0) is 25.4. The van der Waals surface area contributed by atoms with E-state index in [-0.39, 0.29) is 24.3 Å². The van der Waals surface area contributed by atoms with E-state index < -0.39 is 28.3 Å². The molecule has 2 aromatic heterocycles. The first-order valence-electron chi connectivity index (χ1n) is 10.8. The number of aryl methyl sites for hydroxylation is 2. The van der Waals surface area contributed by atoms with Gasteiger partial charge in [-0.3, -0.25) is 9.29 Å². The van der Waals surface area contributed by atoms with E-state index in [4.69, 9.17) is 0 Å². The Bertz CT molecular complexity index is 1500. The van der Waals surface area contributed by atoms with Gasteiger partial charge in [-0.15, -0.1) is 11.3 Å². The summed E-state index contributed by atoms with van der Waals surface area (Å²) in [6.07, 6.45) is -5.38. The molecule has 2 heterocycles. The topological polar surface area (TPSA) is 88.1 Å². The number of thiophene rings is 1. The van der Waals surface area contributed by atoms with Crippen molar-refractivity contribution in [3.8, 4) is 11.4 Å². The number of nitrogens with one attached hydrogen (secondary N) is 1. The molecule has 0 spiro atoms. The summed E-state index contributed by atoms with van der Waals surface area (Å²) in [5, 5.41) is 5.44. The number of halogens is 3. The normalized spacial score (nSPS) is 12.4. The number of hydrogen-bond donors (Lipinski definition) is 1. The standard InChI is InChI=1S/C23H23F3N4O3S2/c1-15-18-7-3-4-8-19(18)34-21(15)30(14-6-5-13-23(24,25)26)35(32,33)17-11-9-16(10-12-17)20-27-22(31)29(2)28-20/h3-4,7-12H,5-6,13-14H2,1-2H3,(H,27,28,31). The van der Waals surface area contributed by atoms with Crippen LogP contribution in [-0.2, 0) is 17.1 Å². The first kappa shape index (κ1) is 25.0. The molecule has 0 radical (unpaired) electrons. The number of aromatic nitrogens is 3. The minimum Gasteiger partial charge on any atom is -0.289 e. The average molecular weight is 525 g/mol. The average Bonchev–Trinajstić information content (AvgIpc) is 3.32. The molecule has 7 nitrogen and oxygen atoms in total. The maximum absolute atomic E-state index is 13.7. The second kappa shape index (κ2) is 9.50. The summed E-state index contributed by atoms with van der Waals surface area (Å²) in [5.74, 6) is 0.297. The molecule has 0 aliphatic heterocycles. The van der Waals surface area contributed by atoms with Crippen LogP contribution >= 0.6 is 11.3 Å². The number of anilines is 1. The van der Waals surface area contributed by atoms with Crippen LogP contribution in [0, 0.1) is 6.92 Å². The van der Waals surface area contributed by atoms with Crippen LogP contribution in [0.25, 0.3) is 21.5 Å². The second-order valence-corrected chi connectivity index (χ2v) is 11.0. The molecule has 4 aromatic rings. The maximum atomic E-state index is 13.7. The summed E-state index contributed by atoms with van der Waals surface area (Å²) in [6, 6.07) is 13.4. The van der Waals surface area contributed by atoms with Crippen LogP contribution in [0.5, 0.6) is 0 Å². The number of sulfonamides is 1. The molecule has 35 heavy (non-hydrogen) atoms. The second-order valence-electron chi connectivity index (χ2n) is 8.10. The van der Waals surface area contributed by atoms with Crippen molar-refractivity contribution in [3.63, 3.8) is 0 Å². The van der Waals surface area contributed by atoms with Crippen LogP contribution < -0.4 is 9.99 Å². The van der Waals surface area contributed by atoms with Crippen molar-refractivity contribution in [3.05, 3.63) is 64.6 Å². The molecule has 0 aliphatic carbocycles. The minimum absolute atomic E-state index is 0.00722. The van der Waals surface area contributed by atoms with Crippen molar-refractivity contribution in [2.24, 2.45) is 7.05 Å². The van der Waals surface area contributed by atoms with Crippen molar-refractivity contribution in [1.29, 1.82) is 0 Å².